The standard InChI is InChI=1S/C28H32N4O5/c1-18(5-4-8-25(34)32-16-20-7-3-2-6-19(20)13-22(32)17-33)28(37)23-14-21(9-10-24(23)30-27(28)36)31-12-11-29-15-26(31)35/h2-7,9-10,14,18,22,29,33,37H,8,11-13,15-17H2,1H3,(H,30,36)/b5-4+/t18-,22+,28+/m1/s1. The Morgan fingerprint density at radius 1 is 1.22 bits per heavy atom. The highest BCUT2D eigenvalue weighted by atomic mass is 16.3. The summed E-state index contributed by atoms with van der Waals surface area (Å²) in [4.78, 5) is 41.7. The van der Waals surface area contributed by atoms with Crippen LogP contribution in [0.5, 0.6) is 0 Å². The van der Waals surface area contributed by atoms with E-state index >= 15 is 0 Å². The number of amides is 3. The lowest BCUT2D eigenvalue weighted by Crippen LogP contribution is -2.48. The van der Waals surface area contributed by atoms with E-state index in [0.29, 0.717) is 43.0 Å². The van der Waals surface area contributed by atoms with Crippen molar-refractivity contribution in [2.24, 2.45) is 5.92 Å². The highest BCUT2D eigenvalue weighted by molar-refractivity contribution is 6.06. The Morgan fingerprint density at radius 2 is 2.00 bits per heavy atom. The maximum absolute atomic E-state index is 13.1. The molecule has 0 saturated carbocycles. The second kappa shape index (κ2) is 10.1. The molecule has 1 saturated heterocycles. The van der Waals surface area contributed by atoms with Gasteiger partial charge in [0.1, 0.15) is 0 Å². The molecule has 194 valence electrons. The third kappa shape index (κ3) is 4.54. The predicted octanol–water partition coefficient (Wildman–Crippen LogP) is 1.29. The van der Waals surface area contributed by atoms with Crippen molar-refractivity contribution in [3.63, 3.8) is 0 Å². The zero-order valence-electron chi connectivity index (χ0n) is 20.8. The Labute approximate surface area is 215 Å². The molecular formula is C28H32N4O5. The minimum absolute atomic E-state index is 0.0694. The fourth-order valence-electron chi connectivity index (χ4n) is 5.47. The summed E-state index contributed by atoms with van der Waals surface area (Å²) in [6.45, 7) is 3.46. The van der Waals surface area contributed by atoms with E-state index < -0.39 is 17.4 Å². The van der Waals surface area contributed by atoms with Crippen molar-refractivity contribution in [2.45, 2.75) is 38.0 Å². The molecule has 5 rings (SSSR count). The van der Waals surface area contributed by atoms with Crippen LogP contribution in [-0.4, -0.2) is 65.1 Å². The zero-order chi connectivity index (χ0) is 26.2. The molecule has 9 nitrogen and oxygen atoms in total. The summed E-state index contributed by atoms with van der Waals surface area (Å²) in [5.74, 6) is -1.37. The lowest BCUT2D eigenvalue weighted by atomic mass is 9.82. The summed E-state index contributed by atoms with van der Waals surface area (Å²) in [6, 6.07) is 12.8. The summed E-state index contributed by atoms with van der Waals surface area (Å²) in [6.07, 6.45) is 4.05. The summed E-state index contributed by atoms with van der Waals surface area (Å²) < 4.78 is 0. The van der Waals surface area contributed by atoms with Gasteiger partial charge < -0.3 is 30.6 Å². The van der Waals surface area contributed by atoms with Crippen LogP contribution in [-0.2, 0) is 33.0 Å². The Balaban J connectivity index is 1.31. The molecule has 2 aromatic carbocycles. The van der Waals surface area contributed by atoms with Gasteiger partial charge in [-0.3, -0.25) is 14.4 Å². The number of hydrogen-bond donors (Lipinski definition) is 4. The first-order chi connectivity index (χ1) is 17.8. The molecule has 37 heavy (non-hydrogen) atoms. The Kier molecular flexibility index (Phi) is 6.85. The first kappa shape index (κ1) is 25.1. The molecule has 1 fully saturated rings. The summed E-state index contributed by atoms with van der Waals surface area (Å²) in [5.41, 5.74) is 1.94. The second-order valence-electron chi connectivity index (χ2n) is 9.92. The van der Waals surface area contributed by atoms with Gasteiger partial charge in [0.15, 0.2) is 5.60 Å². The van der Waals surface area contributed by atoms with Gasteiger partial charge in [0.2, 0.25) is 11.8 Å². The number of aliphatic hydroxyl groups excluding tert-OH is 1. The van der Waals surface area contributed by atoms with Crippen LogP contribution in [0.1, 0.15) is 30.0 Å². The molecule has 3 aliphatic rings. The first-order valence-electron chi connectivity index (χ1n) is 12.7. The summed E-state index contributed by atoms with van der Waals surface area (Å²) in [5, 5.41) is 27.2. The van der Waals surface area contributed by atoms with E-state index in [-0.39, 0.29) is 37.4 Å². The van der Waals surface area contributed by atoms with Crippen LogP contribution in [0.4, 0.5) is 11.4 Å². The van der Waals surface area contributed by atoms with Gasteiger partial charge in [-0.1, -0.05) is 43.3 Å². The van der Waals surface area contributed by atoms with Crippen molar-refractivity contribution in [3.8, 4) is 0 Å². The number of carbonyl (C=O) groups excluding carboxylic acids is 3. The topological polar surface area (TPSA) is 122 Å². The van der Waals surface area contributed by atoms with E-state index in [2.05, 4.69) is 10.6 Å². The quantitative estimate of drug-likeness (QED) is 0.440. The number of hydrogen-bond acceptors (Lipinski definition) is 6. The summed E-state index contributed by atoms with van der Waals surface area (Å²) >= 11 is 0. The van der Waals surface area contributed by atoms with Crippen LogP contribution in [0.25, 0.3) is 0 Å². The molecule has 9 heteroatoms. The third-order valence-electron chi connectivity index (χ3n) is 7.67. The smallest absolute Gasteiger partial charge is 0.261 e. The number of piperazine rings is 1. The Bertz CT molecular complexity index is 1260. The van der Waals surface area contributed by atoms with Gasteiger partial charge in [0, 0.05) is 48.9 Å². The molecule has 0 radical (unpaired) electrons. The lowest BCUT2D eigenvalue weighted by molar-refractivity contribution is -0.137. The second-order valence-corrected chi connectivity index (χ2v) is 9.92. The minimum atomic E-state index is -1.83. The molecule has 3 aliphatic heterocycles. The number of fused-ring (bicyclic) bond motifs is 2. The van der Waals surface area contributed by atoms with Crippen LogP contribution in [0.15, 0.2) is 54.6 Å². The van der Waals surface area contributed by atoms with E-state index in [4.69, 9.17) is 0 Å². The number of benzene rings is 2. The average molecular weight is 505 g/mol. The van der Waals surface area contributed by atoms with Gasteiger partial charge in [0.25, 0.3) is 5.91 Å². The fourth-order valence-corrected chi connectivity index (χ4v) is 5.47. The molecule has 0 aromatic heterocycles. The van der Waals surface area contributed by atoms with E-state index in [1.165, 1.54) is 0 Å². The molecule has 3 amide bonds. The number of nitrogens with zero attached hydrogens (tertiary/aromatic N) is 2. The van der Waals surface area contributed by atoms with Crippen molar-refractivity contribution >= 4 is 29.1 Å². The maximum atomic E-state index is 13.1. The van der Waals surface area contributed by atoms with Crippen molar-refractivity contribution in [1.82, 2.24) is 10.2 Å². The fraction of sp³-hybridized carbons (Fsp3) is 0.393. The Hall–Kier alpha value is -3.53. The van der Waals surface area contributed by atoms with Crippen LogP contribution in [0, 0.1) is 5.92 Å². The molecule has 0 spiro atoms. The summed E-state index contributed by atoms with van der Waals surface area (Å²) in [7, 11) is 0. The molecule has 0 unspecified atom stereocenters. The molecule has 4 N–H and O–H groups in total. The molecule has 2 aromatic rings. The number of nitrogens with one attached hydrogen (secondary N) is 2. The van der Waals surface area contributed by atoms with Gasteiger partial charge in [-0.25, -0.2) is 0 Å². The van der Waals surface area contributed by atoms with Gasteiger partial charge in [-0.2, -0.15) is 0 Å². The normalized spacial score (nSPS) is 24.1. The molecule has 0 aliphatic carbocycles. The number of anilines is 2. The highest BCUT2D eigenvalue weighted by Gasteiger charge is 2.49. The molecular weight excluding hydrogens is 472 g/mol. The third-order valence-corrected chi connectivity index (χ3v) is 7.67. The van der Waals surface area contributed by atoms with Gasteiger partial charge >= 0.3 is 0 Å². The van der Waals surface area contributed by atoms with Crippen LogP contribution in [0.3, 0.4) is 0 Å². The molecule has 0 bridgehead atoms. The number of rotatable bonds is 6. The average Bonchev–Trinajstić information content (AvgIpc) is 3.17. The number of aliphatic hydroxyl groups is 2. The van der Waals surface area contributed by atoms with Crippen LogP contribution >= 0.6 is 0 Å². The zero-order valence-corrected chi connectivity index (χ0v) is 20.8. The van der Waals surface area contributed by atoms with E-state index in [0.717, 1.165) is 11.1 Å². The van der Waals surface area contributed by atoms with Gasteiger partial charge in [0.05, 0.1) is 19.2 Å². The monoisotopic (exact) mass is 504 g/mol. The number of carbonyl (C=O) groups is 3. The molecule has 3 atom stereocenters. The van der Waals surface area contributed by atoms with Gasteiger partial charge in [-0.15, -0.1) is 0 Å². The van der Waals surface area contributed by atoms with E-state index in [1.807, 2.05) is 24.3 Å². The first-order valence-corrected chi connectivity index (χ1v) is 12.7. The van der Waals surface area contributed by atoms with Crippen molar-refractivity contribution in [1.29, 1.82) is 0 Å². The SMILES string of the molecule is C[C@H](/C=C/CC(=O)N1Cc2ccccc2C[C@H]1CO)[C@@]1(O)C(=O)Nc2ccc(N3CCNCC3=O)cc21. The van der Waals surface area contributed by atoms with E-state index in [9.17, 15) is 24.6 Å². The van der Waals surface area contributed by atoms with Crippen LogP contribution in [0.2, 0.25) is 0 Å². The van der Waals surface area contributed by atoms with Gasteiger partial charge in [-0.05, 0) is 35.7 Å². The van der Waals surface area contributed by atoms with Crippen molar-refractivity contribution in [3.05, 3.63) is 71.3 Å². The Morgan fingerprint density at radius 3 is 2.76 bits per heavy atom. The predicted molar refractivity (Wildman–Crippen MR) is 139 cm³/mol. The largest absolute Gasteiger partial charge is 0.394 e. The highest BCUT2D eigenvalue weighted by Crippen LogP contribution is 2.43. The molecule has 3 heterocycles. The van der Waals surface area contributed by atoms with E-state index in [1.54, 1.807) is 47.1 Å². The van der Waals surface area contributed by atoms with Crippen molar-refractivity contribution < 1.29 is 24.6 Å². The lowest BCUT2D eigenvalue weighted by Gasteiger charge is -2.36. The van der Waals surface area contributed by atoms with Crippen LogP contribution < -0.4 is 15.5 Å². The maximum Gasteiger partial charge on any atom is 0.261 e. The van der Waals surface area contributed by atoms with Crippen molar-refractivity contribution in [2.75, 3.05) is 36.5 Å². The minimum Gasteiger partial charge on any atom is -0.394 e.